The molecule has 1 aromatic rings. The highest BCUT2D eigenvalue weighted by Crippen LogP contribution is 2.16. The van der Waals surface area contributed by atoms with Gasteiger partial charge in [0, 0.05) is 24.4 Å². The number of carbonyl (C=O) groups is 2. The fourth-order valence-electron chi connectivity index (χ4n) is 1.63. The van der Waals surface area contributed by atoms with Gasteiger partial charge in [0.05, 0.1) is 12.4 Å². The first-order chi connectivity index (χ1) is 10.0. The molecule has 0 aliphatic rings. The van der Waals surface area contributed by atoms with Crippen molar-refractivity contribution in [3.05, 3.63) is 34.9 Å². The second kappa shape index (κ2) is 9.65. The molecule has 116 valence electrons. The van der Waals surface area contributed by atoms with E-state index in [9.17, 15) is 9.59 Å². The third-order valence-corrected chi connectivity index (χ3v) is 3.85. The normalized spacial score (nSPS) is 10.4. The number of hydrogen-bond donors (Lipinski definition) is 1. The minimum absolute atomic E-state index is 0.207. The number of benzene rings is 1. The molecular weight excluding hydrogens is 314 g/mol. The van der Waals surface area contributed by atoms with Crippen LogP contribution in [0.3, 0.4) is 0 Å². The fourth-order valence-corrected chi connectivity index (χ4v) is 2.72. The summed E-state index contributed by atoms with van der Waals surface area (Å²) in [6, 6.07) is 7.43. The largest absolute Gasteiger partial charge is 0.480 e. The third kappa shape index (κ3) is 7.36. The first-order valence-electron chi connectivity index (χ1n) is 6.33. The number of nitrogens with zero attached hydrogens (tertiary/aromatic N) is 1. The van der Waals surface area contributed by atoms with Crippen LogP contribution < -0.4 is 0 Å². The Bertz CT molecular complexity index is 484. The van der Waals surface area contributed by atoms with Gasteiger partial charge in [-0.05, 0) is 17.7 Å². The molecule has 0 atom stereocenters. The predicted molar refractivity (Wildman–Crippen MR) is 83.7 cm³/mol. The Morgan fingerprint density at radius 2 is 2.19 bits per heavy atom. The van der Waals surface area contributed by atoms with Gasteiger partial charge in [0.25, 0.3) is 0 Å². The molecule has 21 heavy (non-hydrogen) atoms. The second-order valence-corrected chi connectivity index (χ2v) is 5.75. The van der Waals surface area contributed by atoms with E-state index in [4.69, 9.17) is 21.4 Å². The van der Waals surface area contributed by atoms with E-state index in [1.165, 1.54) is 23.8 Å². The summed E-state index contributed by atoms with van der Waals surface area (Å²) in [6.45, 7) is 0.289. The van der Waals surface area contributed by atoms with Crippen LogP contribution in [-0.4, -0.2) is 54.4 Å². The minimum Gasteiger partial charge on any atom is -0.480 e. The number of aliphatic carboxylic acids is 1. The zero-order valence-electron chi connectivity index (χ0n) is 11.8. The zero-order valence-corrected chi connectivity index (χ0v) is 13.3. The summed E-state index contributed by atoms with van der Waals surface area (Å²) in [5.74, 6) is -0.359. The molecule has 0 heterocycles. The van der Waals surface area contributed by atoms with Gasteiger partial charge < -0.3 is 14.7 Å². The van der Waals surface area contributed by atoms with Crippen LogP contribution in [0.4, 0.5) is 0 Å². The van der Waals surface area contributed by atoms with Crippen molar-refractivity contribution in [1.29, 1.82) is 0 Å². The molecule has 1 rings (SSSR count). The molecule has 0 saturated carbocycles. The molecule has 0 aliphatic carbocycles. The summed E-state index contributed by atoms with van der Waals surface area (Å²) in [7, 11) is 1.51. The van der Waals surface area contributed by atoms with Crippen molar-refractivity contribution in [3.8, 4) is 0 Å². The Labute approximate surface area is 133 Å². The lowest BCUT2D eigenvalue weighted by Gasteiger charge is -2.20. The van der Waals surface area contributed by atoms with Gasteiger partial charge in [-0.25, -0.2) is 0 Å². The van der Waals surface area contributed by atoms with Crippen molar-refractivity contribution >= 4 is 35.2 Å². The number of hydrogen-bond acceptors (Lipinski definition) is 4. The molecule has 7 heteroatoms. The highest BCUT2D eigenvalue weighted by atomic mass is 35.5. The molecule has 0 aliphatic heterocycles. The summed E-state index contributed by atoms with van der Waals surface area (Å²) in [5, 5.41) is 9.47. The second-order valence-electron chi connectivity index (χ2n) is 4.32. The third-order valence-electron chi connectivity index (χ3n) is 2.63. The number of carboxylic acid groups (broad SMARTS) is 1. The van der Waals surface area contributed by atoms with Crippen molar-refractivity contribution in [3.63, 3.8) is 0 Å². The van der Waals surface area contributed by atoms with Crippen molar-refractivity contribution in [2.45, 2.75) is 5.75 Å². The first-order valence-corrected chi connectivity index (χ1v) is 7.87. The number of ether oxygens (including phenoxy) is 1. The standard InChI is InChI=1S/C14H18ClNO4S/c1-20-6-5-16(8-14(18)19)13(17)10-21-9-11-3-2-4-12(15)7-11/h2-4,7H,5-6,8-10H2,1H3,(H,18,19). The smallest absolute Gasteiger partial charge is 0.323 e. The molecule has 0 radical (unpaired) electrons. The number of thioether (sulfide) groups is 1. The lowest BCUT2D eigenvalue weighted by Crippen LogP contribution is -2.39. The molecule has 1 aromatic carbocycles. The number of carboxylic acids is 1. The van der Waals surface area contributed by atoms with Gasteiger partial charge in [0.1, 0.15) is 6.54 Å². The van der Waals surface area contributed by atoms with E-state index in [2.05, 4.69) is 0 Å². The molecular formula is C14H18ClNO4S. The van der Waals surface area contributed by atoms with E-state index in [-0.39, 0.29) is 24.7 Å². The van der Waals surface area contributed by atoms with Crippen LogP contribution in [0.25, 0.3) is 0 Å². The maximum atomic E-state index is 12.0. The summed E-state index contributed by atoms with van der Waals surface area (Å²) in [6.07, 6.45) is 0. The van der Waals surface area contributed by atoms with Gasteiger partial charge in [-0.2, -0.15) is 0 Å². The minimum atomic E-state index is -1.03. The van der Waals surface area contributed by atoms with Crippen molar-refractivity contribution in [2.24, 2.45) is 0 Å². The predicted octanol–water partition coefficient (Wildman–Crippen LogP) is 2.13. The topological polar surface area (TPSA) is 66.8 Å². The maximum absolute atomic E-state index is 12.0. The maximum Gasteiger partial charge on any atom is 0.323 e. The molecule has 1 amide bonds. The van der Waals surface area contributed by atoms with Crippen molar-refractivity contribution in [2.75, 3.05) is 32.6 Å². The number of halogens is 1. The average Bonchev–Trinajstić information content (AvgIpc) is 2.43. The summed E-state index contributed by atoms with van der Waals surface area (Å²) in [5.41, 5.74) is 1.03. The van der Waals surface area contributed by atoms with Gasteiger partial charge in [0.15, 0.2) is 0 Å². The van der Waals surface area contributed by atoms with Crippen molar-refractivity contribution in [1.82, 2.24) is 4.90 Å². The van der Waals surface area contributed by atoms with Crippen LogP contribution in [-0.2, 0) is 20.1 Å². The van der Waals surface area contributed by atoms with Gasteiger partial charge in [-0.3, -0.25) is 9.59 Å². The van der Waals surface area contributed by atoms with Gasteiger partial charge >= 0.3 is 5.97 Å². The lowest BCUT2D eigenvalue weighted by atomic mass is 10.2. The molecule has 0 unspecified atom stereocenters. The SMILES string of the molecule is COCCN(CC(=O)O)C(=O)CSCc1cccc(Cl)c1. The Morgan fingerprint density at radius 3 is 2.81 bits per heavy atom. The lowest BCUT2D eigenvalue weighted by molar-refractivity contribution is -0.143. The van der Waals surface area contributed by atoms with Gasteiger partial charge in [-0.15, -0.1) is 11.8 Å². The molecule has 0 spiro atoms. The first kappa shape index (κ1) is 17.8. The van der Waals surface area contributed by atoms with Crippen LogP contribution in [0.1, 0.15) is 5.56 Å². The zero-order chi connectivity index (χ0) is 15.7. The molecule has 0 saturated heterocycles. The highest BCUT2D eigenvalue weighted by Gasteiger charge is 2.16. The molecule has 1 N–H and O–H groups in total. The number of rotatable bonds is 9. The van der Waals surface area contributed by atoms with Crippen LogP contribution in [0.5, 0.6) is 0 Å². The quantitative estimate of drug-likeness (QED) is 0.751. The number of amides is 1. The summed E-state index contributed by atoms with van der Waals surface area (Å²) in [4.78, 5) is 24.0. The average molecular weight is 332 g/mol. The molecule has 0 fully saturated rings. The summed E-state index contributed by atoms with van der Waals surface area (Å²) >= 11 is 7.32. The monoisotopic (exact) mass is 331 g/mol. The van der Waals surface area contributed by atoms with E-state index in [1.807, 2.05) is 18.2 Å². The Balaban J connectivity index is 2.43. The summed E-state index contributed by atoms with van der Waals surface area (Å²) < 4.78 is 4.88. The molecule has 0 aromatic heterocycles. The van der Waals surface area contributed by atoms with Gasteiger partial charge in [-0.1, -0.05) is 23.7 Å². The number of carbonyl (C=O) groups excluding carboxylic acids is 1. The van der Waals surface area contributed by atoms with E-state index < -0.39 is 5.97 Å². The van der Waals surface area contributed by atoms with E-state index in [0.29, 0.717) is 17.4 Å². The Hall–Kier alpha value is -1.24. The Morgan fingerprint density at radius 1 is 1.43 bits per heavy atom. The molecule has 0 bridgehead atoms. The fraction of sp³-hybridized carbons (Fsp3) is 0.429. The van der Waals surface area contributed by atoms with Crippen molar-refractivity contribution < 1.29 is 19.4 Å². The van der Waals surface area contributed by atoms with E-state index in [0.717, 1.165) is 5.56 Å². The van der Waals surface area contributed by atoms with Gasteiger partial charge in [0.2, 0.25) is 5.91 Å². The number of methoxy groups -OCH3 is 1. The van der Waals surface area contributed by atoms with Crippen LogP contribution in [0.15, 0.2) is 24.3 Å². The van der Waals surface area contributed by atoms with Crippen LogP contribution in [0.2, 0.25) is 5.02 Å². The van der Waals surface area contributed by atoms with E-state index >= 15 is 0 Å². The van der Waals surface area contributed by atoms with E-state index in [1.54, 1.807) is 6.07 Å². The highest BCUT2D eigenvalue weighted by molar-refractivity contribution is 7.99. The Kier molecular flexibility index (Phi) is 8.19. The van der Waals surface area contributed by atoms with Crippen LogP contribution >= 0.6 is 23.4 Å². The molecule has 5 nitrogen and oxygen atoms in total. The van der Waals surface area contributed by atoms with Crippen LogP contribution in [0, 0.1) is 0 Å².